The van der Waals surface area contributed by atoms with Gasteiger partial charge in [-0.15, -0.1) is 0 Å². The third-order valence-corrected chi connectivity index (χ3v) is 4.89. The molecule has 0 bridgehead atoms. The van der Waals surface area contributed by atoms with Gasteiger partial charge in [-0.25, -0.2) is 0 Å². The van der Waals surface area contributed by atoms with Gasteiger partial charge >= 0.3 is 0 Å². The van der Waals surface area contributed by atoms with Crippen molar-refractivity contribution < 1.29 is 4.92 Å². The summed E-state index contributed by atoms with van der Waals surface area (Å²) in [6.45, 7) is 0. The van der Waals surface area contributed by atoms with E-state index < -0.39 is 4.92 Å². The van der Waals surface area contributed by atoms with Gasteiger partial charge in [0.2, 0.25) is 4.77 Å². The Morgan fingerprint density at radius 2 is 2.20 bits per heavy atom. The number of nitro groups is 1. The van der Waals surface area contributed by atoms with Crippen LogP contribution in [0.4, 0.5) is 5.69 Å². The van der Waals surface area contributed by atoms with E-state index >= 15 is 0 Å². The Labute approximate surface area is 150 Å². The van der Waals surface area contributed by atoms with Gasteiger partial charge in [0.25, 0.3) is 5.69 Å². The molecule has 3 rings (SSSR count). The van der Waals surface area contributed by atoms with E-state index in [1.165, 1.54) is 44.2 Å². The normalized spacial score (nSPS) is 15.7. The molecule has 1 N–H and O–H groups in total. The highest BCUT2D eigenvalue weighted by Gasteiger charge is 2.15. The molecule has 0 atom stereocenters. The van der Waals surface area contributed by atoms with Crippen LogP contribution in [0.5, 0.6) is 0 Å². The molecule has 1 saturated carbocycles. The molecule has 0 spiro atoms. The van der Waals surface area contributed by atoms with Crippen LogP contribution in [0, 0.1) is 20.8 Å². The fourth-order valence-electron chi connectivity index (χ4n) is 3.26. The van der Waals surface area contributed by atoms with Crippen molar-refractivity contribution in [2.45, 2.75) is 44.9 Å². The van der Waals surface area contributed by atoms with Gasteiger partial charge in [-0.2, -0.15) is 14.9 Å². The predicted octanol–water partition coefficient (Wildman–Crippen LogP) is 4.24. The number of hydrogen-bond donors (Lipinski definition) is 1. The number of nitrogens with zero attached hydrogens (tertiary/aromatic N) is 4. The topological polar surface area (TPSA) is 89.1 Å². The lowest BCUT2D eigenvalue weighted by Crippen LogP contribution is -2.09. The lowest BCUT2D eigenvalue weighted by molar-refractivity contribution is -0.384. The number of aryl methyl sites for hydroxylation is 1. The Morgan fingerprint density at radius 1 is 1.40 bits per heavy atom. The van der Waals surface area contributed by atoms with Crippen LogP contribution in [-0.2, 0) is 6.42 Å². The number of aromatic amines is 1. The van der Waals surface area contributed by atoms with Gasteiger partial charge in [0.05, 0.1) is 11.1 Å². The SMILES string of the molecule is O=[N+]([O-])c1cccc(/C=N\n2c(CCC3CCCCC3)n[nH]c2=S)c1. The monoisotopic (exact) mass is 359 g/mol. The van der Waals surface area contributed by atoms with Crippen molar-refractivity contribution in [1.82, 2.24) is 14.9 Å². The molecule has 0 radical (unpaired) electrons. The number of non-ortho nitro benzene ring substituents is 1. The van der Waals surface area contributed by atoms with Crippen LogP contribution in [0.2, 0.25) is 0 Å². The average Bonchev–Trinajstić information content (AvgIpc) is 2.99. The molecule has 132 valence electrons. The first-order chi connectivity index (χ1) is 12.1. The molecule has 8 heteroatoms. The van der Waals surface area contributed by atoms with Crippen LogP contribution in [0.25, 0.3) is 0 Å². The first-order valence-corrected chi connectivity index (χ1v) is 8.99. The van der Waals surface area contributed by atoms with Gasteiger partial charge in [0, 0.05) is 24.1 Å². The van der Waals surface area contributed by atoms with Gasteiger partial charge in [0.1, 0.15) is 0 Å². The minimum absolute atomic E-state index is 0.0391. The minimum atomic E-state index is -0.420. The van der Waals surface area contributed by atoms with Crippen LogP contribution in [0.3, 0.4) is 0 Å². The Morgan fingerprint density at radius 3 is 2.96 bits per heavy atom. The number of nitro benzene ring substituents is 1. The number of hydrogen-bond acceptors (Lipinski definition) is 5. The van der Waals surface area contributed by atoms with Crippen molar-refractivity contribution in [3.63, 3.8) is 0 Å². The molecule has 1 aromatic heterocycles. The molecule has 1 fully saturated rings. The Hall–Kier alpha value is -2.35. The van der Waals surface area contributed by atoms with Gasteiger partial charge in [-0.05, 0) is 24.6 Å². The zero-order valence-electron chi connectivity index (χ0n) is 13.9. The zero-order chi connectivity index (χ0) is 17.6. The van der Waals surface area contributed by atoms with E-state index in [0.717, 1.165) is 24.6 Å². The van der Waals surface area contributed by atoms with Crippen LogP contribution in [0.1, 0.15) is 49.9 Å². The van der Waals surface area contributed by atoms with Gasteiger partial charge in [-0.3, -0.25) is 15.2 Å². The van der Waals surface area contributed by atoms with E-state index in [1.807, 2.05) is 0 Å². The lowest BCUT2D eigenvalue weighted by Gasteiger charge is -2.20. The summed E-state index contributed by atoms with van der Waals surface area (Å²) >= 11 is 5.25. The quantitative estimate of drug-likeness (QED) is 0.361. The molecule has 1 heterocycles. The second-order valence-corrected chi connectivity index (χ2v) is 6.78. The van der Waals surface area contributed by atoms with Crippen molar-refractivity contribution in [1.29, 1.82) is 0 Å². The molecule has 1 aromatic carbocycles. The Kier molecular flexibility index (Phi) is 5.70. The molecular weight excluding hydrogens is 338 g/mol. The van der Waals surface area contributed by atoms with E-state index in [1.54, 1.807) is 23.0 Å². The highest BCUT2D eigenvalue weighted by atomic mass is 32.1. The zero-order valence-corrected chi connectivity index (χ0v) is 14.7. The third kappa shape index (κ3) is 4.60. The summed E-state index contributed by atoms with van der Waals surface area (Å²) in [4.78, 5) is 10.4. The molecule has 0 saturated heterocycles. The molecule has 2 aromatic rings. The van der Waals surface area contributed by atoms with E-state index in [2.05, 4.69) is 15.3 Å². The van der Waals surface area contributed by atoms with Crippen LogP contribution < -0.4 is 0 Å². The van der Waals surface area contributed by atoms with Crippen LogP contribution >= 0.6 is 12.2 Å². The van der Waals surface area contributed by atoms with Crippen molar-refractivity contribution in [2.75, 3.05) is 0 Å². The second kappa shape index (κ2) is 8.15. The summed E-state index contributed by atoms with van der Waals surface area (Å²) in [5.74, 6) is 1.56. The smallest absolute Gasteiger partial charge is 0.258 e. The molecule has 0 unspecified atom stereocenters. The van der Waals surface area contributed by atoms with E-state index in [9.17, 15) is 10.1 Å². The first kappa shape index (κ1) is 17.5. The summed E-state index contributed by atoms with van der Waals surface area (Å²) in [5.41, 5.74) is 0.688. The molecule has 1 aliphatic carbocycles. The maximum Gasteiger partial charge on any atom is 0.270 e. The first-order valence-electron chi connectivity index (χ1n) is 8.58. The molecule has 25 heavy (non-hydrogen) atoms. The highest BCUT2D eigenvalue weighted by Crippen LogP contribution is 2.27. The molecule has 7 nitrogen and oxygen atoms in total. The standard InChI is InChI=1S/C17H21N5O2S/c23-22(24)15-8-4-7-14(11-15)12-18-21-16(19-20-17(21)25)10-9-13-5-2-1-3-6-13/h4,7-8,11-13H,1-3,5-6,9-10H2,(H,20,25)/b18-12-. The van der Waals surface area contributed by atoms with Crippen LogP contribution in [-0.4, -0.2) is 26.0 Å². The number of aromatic nitrogens is 3. The van der Waals surface area contributed by atoms with Gasteiger partial charge < -0.3 is 0 Å². The Balaban J connectivity index is 1.71. The van der Waals surface area contributed by atoms with Crippen LogP contribution in [0.15, 0.2) is 29.4 Å². The summed E-state index contributed by atoms with van der Waals surface area (Å²) in [7, 11) is 0. The highest BCUT2D eigenvalue weighted by molar-refractivity contribution is 7.71. The number of nitrogens with one attached hydrogen (secondary N) is 1. The summed E-state index contributed by atoms with van der Waals surface area (Å²) in [6, 6.07) is 6.34. The van der Waals surface area contributed by atoms with E-state index in [-0.39, 0.29) is 5.69 Å². The lowest BCUT2D eigenvalue weighted by atomic mass is 9.86. The third-order valence-electron chi connectivity index (χ3n) is 4.62. The molecule has 0 amide bonds. The second-order valence-electron chi connectivity index (χ2n) is 6.40. The van der Waals surface area contributed by atoms with Crippen molar-refractivity contribution in [3.8, 4) is 0 Å². The van der Waals surface area contributed by atoms with Crippen molar-refractivity contribution in [3.05, 3.63) is 50.5 Å². The number of benzene rings is 1. The van der Waals surface area contributed by atoms with E-state index in [4.69, 9.17) is 12.2 Å². The molecule has 1 aliphatic rings. The number of rotatable bonds is 6. The van der Waals surface area contributed by atoms with E-state index in [0.29, 0.717) is 10.3 Å². The van der Waals surface area contributed by atoms with Crippen molar-refractivity contribution >= 4 is 24.1 Å². The fraction of sp³-hybridized carbons (Fsp3) is 0.471. The largest absolute Gasteiger partial charge is 0.270 e. The minimum Gasteiger partial charge on any atom is -0.258 e. The maximum atomic E-state index is 10.9. The van der Waals surface area contributed by atoms with Gasteiger partial charge in [-0.1, -0.05) is 44.2 Å². The average molecular weight is 359 g/mol. The summed E-state index contributed by atoms with van der Waals surface area (Å²) in [6.07, 6.45) is 10.1. The number of H-pyrrole nitrogens is 1. The summed E-state index contributed by atoms with van der Waals surface area (Å²) in [5, 5.41) is 22.3. The summed E-state index contributed by atoms with van der Waals surface area (Å²) < 4.78 is 2.04. The maximum absolute atomic E-state index is 10.9. The fourth-order valence-corrected chi connectivity index (χ4v) is 3.46. The molecule has 0 aliphatic heterocycles. The molecular formula is C17H21N5O2S. The van der Waals surface area contributed by atoms with Gasteiger partial charge in [0.15, 0.2) is 5.82 Å². The Bertz CT molecular complexity index is 820. The predicted molar refractivity (Wildman–Crippen MR) is 98.4 cm³/mol. The van der Waals surface area contributed by atoms with Crippen molar-refractivity contribution in [2.24, 2.45) is 11.0 Å².